The van der Waals surface area contributed by atoms with Gasteiger partial charge in [-0.15, -0.1) is 11.3 Å². The second-order valence-electron chi connectivity index (χ2n) is 13.0. The summed E-state index contributed by atoms with van der Waals surface area (Å²) in [5.74, 6) is 0.663. The lowest BCUT2D eigenvalue weighted by Gasteiger charge is -2.11. The predicted molar refractivity (Wildman–Crippen MR) is 214 cm³/mol. The zero-order valence-electron chi connectivity index (χ0n) is 27.4. The highest BCUT2D eigenvalue weighted by atomic mass is 32.1. The molecule has 0 fully saturated rings. The van der Waals surface area contributed by atoms with Gasteiger partial charge in [0.25, 0.3) is 0 Å². The molecular formula is C46H28N4S. The molecule has 11 rings (SSSR count). The Morgan fingerprint density at radius 2 is 0.804 bits per heavy atom. The van der Waals surface area contributed by atoms with E-state index < -0.39 is 0 Å². The second-order valence-corrected chi connectivity index (χ2v) is 14.1. The molecule has 11 aromatic rings. The molecular weight excluding hydrogens is 641 g/mol. The molecule has 0 unspecified atom stereocenters. The molecule has 0 spiro atoms. The van der Waals surface area contributed by atoms with Gasteiger partial charge in [0.1, 0.15) is 0 Å². The van der Waals surface area contributed by atoms with Crippen molar-refractivity contribution >= 4 is 75.1 Å². The summed E-state index contributed by atoms with van der Waals surface area (Å²) < 4.78 is 7.16. The number of aromatic nitrogens is 4. The van der Waals surface area contributed by atoms with Crippen LogP contribution in [-0.2, 0) is 0 Å². The van der Waals surface area contributed by atoms with Gasteiger partial charge < -0.3 is 4.57 Å². The summed E-state index contributed by atoms with van der Waals surface area (Å²) in [6, 6.07) is 60.5. The van der Waals surface area contributed by atoms with E-state index in [-0.39, 0.29) is 0 Å². The molecule has 5 heteroatoms. The van der Waals surface area contributed by atoms with Gasteiger partial charge in [-0.2, -0.15) is 0 Å². The Balaban J connectivity index is 1.20. The molecule has 0 N–H and O–H groups in total. The van der Waals surface area contributed by atoms with Crippen molar-refractivity contribution in [3.8, 4) is 34.2 Å². The SMILES string of the molecule is c1ccc(-c2cc(-c3ccccc3)nc(-n3c4ccccc4c4cc5c(cc43)sc3cc4c(cc35)c3ccccc3n4-c3ccccc3)n2)cc1. The second kappa shape index (κ2) is 11.0. The summed E-state index contributed by atoms with van der Waals surface area (Å²) in [7, 11) is 0. The quantitative estimate of drug-likeness (QED) is 0.187. The third-order valence-electron chi connectivity index (χ3n) is 10.1. The van der Waals surface area contributed by atoms with Gasteiger partial charge in [0.05, 0.1) is 33.5 Å². The van der Waals surface area contributed by atoms with Gasteiger partial charge in [-0.1, -0.05) is 115 Å². The zero-order valence-corrected chi connectivity index (χ0v) is 28.2. The summed E-state index contributed by atoms with van der Waals surface area (Å²) in [6.45, 7) is 0. The summed E-state index contributed by atoms with van der Waals surface area (Å²) in [5, 5.41) is 7.47. The Hall–Kier alpha value is -6.56. The fraction of sp³-hybridized carbons (Fsp3) is 0. The van der Waals surface area contributed by atoms with Gasteiger partial charge in [0.2, 0.25) is 5.95 Å². The van der Waals surface area contributed by atoms with Crippen LogP contribution in [0.15, 0.2) is 170 Å². The van der Waals surface area contributed by atoms with Crippen molar-refractivity contribution in [3.05, 3.63) is 170 Å². The molecule has 7 aromatic carbocycles. The molecule has 0 bridgehead atoms. The Morgan fingerprint density at radius 3 is 1.35 bits per heavy atom. The number of para-hydroxylation sites is 3. The molecule has 4 heterocycles. The number of fused-ring (bicyclic) bond motifs is 9. The average molecular weight is 669 g/mol. The van der Waals surface area contributed by atoms with Crippen LogP contribution in [0.4, 0.5) is 0 Å². The van der Waals surface area contributed by atoms with Crippen LogP contribution in [0.1, 0.15) is 0 Å². The minimum Gasteiger partial charge on any atom is -0.309 e. The molecule has 0 aliphatic heterocycles. The average Bonchev–Trinajstić information content (AvgIpc) is 3.83. The first-order valence-electron chi connectivity index (χ1n) is 17.2. The fourth-order valence-corrected chi connectivity index (χ4v) is 8.95. The van der Waals surface area contributed by atoms with Crippen molar-refractivity contribution in [2.24, 2.45) is 0 Å². The number of thiophene rings is 1. The third kappa shape index (κ3) is 4.32. The standard InChI is InChI=1S/C46H28N4S/c1-4-14-29(15-5-1)38-26-39(30-16-6-2-7-17-30)48-46(47-38)50-41-23-13-11-21-33(41)35-25-37-36-24-34-32-20-10-12-22-40(32)49(31-18-8-3-9-19-31)42(34)27-44(36)51-45(37)28-43(35)50/h1-28H. The number of benzene rings is 7. The van der Waals surface area contributed by atoms with E-state index in [1.807, 2.05) is 23.5 Å². The summed E-state index contributed by atoms with van der Waals surface area (Å²) in [5.41, 5.74) is 9.71. The maximum absolute atomic E-state index is 5.24. The molecule has 4 aromatic heterocycles. The molecule has 4 nitrogen and oxygen atoms in total. The van der Waals surface area contributed by atoms with Crippen LogP contribution in [0.2, 0.25) is 0 Å². The van der Waals surface area contributed by atoms with E-state index in [1.165, 1.54) is 58.4 Å². The van der Waals surface area contributed by atoms with Gasteiger partial charge in [-0.05, 0) is 54.6 Å². The summed E-state index contributed by atoms with van der Waals surface area (Å²) in [6.07, 6.45) is 0. The van der Waals surface area contributed by atoms with Crippen molar-refractivity contribution in [2.75, 3.05) is 0 Å². The lowest BCUT2D eigenvalue weighted by molar-refractivity contribution is 0.996. The first-order chi connectivity index (χ1) is 25.3. The first kappa shape index (κ1) is 28.3. The van der Waals surface area contributed by atoms with E-state index in [1.54, 1.807) is 0 Å². The third-order valence-corrected chi connectivity index (χ3v) is 11.2. The Labute approximate surface area is 297 Å². The molecule has 0 saturated heterocycles. The number of hydrogen-bond acceptors (Lipinski definition) is 3. The maximum atomic E-state index is 5.24. The van der Waals surface area contributed by atoms with Crippen LogP contribution < -0.4 is 0 Å². The number of rotatable bonds is 4. The monoisotopic (exact) mass is 668 g/mol. The van der Waals surface area contributed by atoms with Gasteiger partial charge in [-0.3, -0.25) is 4.57 Å². The number of hydrogen-bond donors (Lipinski definition) is 0. The van der Waals surface area contributed by atoms with Crippen LogP contribution in [0.5, 0.6) is 0 Å². The molecule has 51 heavy (non-hydrogen) atoms. The van der Waals surface area contributed by atoms with Crippen LogP contribution in [-0.4, -0.2) is 19.1 Å². The first-order valence-corrected chi connectivity index (χ1v) is 18.0. The van der Waals surface area contributed by atoms with E-state index in [9.17, 15) is 0 Å². The van der Waals surface area contributed by atoms with E-state index in [0.29, 0.717) is 5.95 Å². The topological polar surface area (TPSA) is 35.6 Å². The van der Waals surface area contributed by atoms with Crippen molar-refractivity contribution in [3.63, 3.8) is 0 Å². The molecule has 238 valence electrons. The zero-order chi connectivity index (χ0) is 33.5. The minimum atomic E-state index is 0.663. The highest BCUT2D eigenvalue weighted by Gasteiger charge is 2.20. The largest absolute Gasteiger partial charge is 0.309 e. The van der Waals surface area contributed by atoms with Gasteiger partial charge in [0.15, 0.2) is 0 Å². The normalized spacial score (nSPS) is 11.9. The van der Waals surface area contributed by atoms with Gasteiger partial charge >= 0.3 is 0 Å². The molecule has 0 saturated carbocycles. The number of nitrogens with zero attached hydrogens (tertiary/aromatic N) is 4. The maximum Gasteiger partial charge on any atom is 0.235 e. The van der Waals surface area contributed by atoms with Crippen molar-refractivity contribution < 1.29 is 0 Å². The van der Waals surface area contributed by atoms with Crippen molar-refractivity contribution in [1.29, 1.82) is 0 Å². The highest BCUT2D eigenvalue weighted by molar-refractivity contribution is 7.26. The fourth-order valence-electron chi connectivity index (χ4n) is 7.82. The molecule has 0 atom stereocenters. The Bertz CT molecular complexity index is 3060. The molecule has 0 amide bonds. The van der Waals surface area contributed by atoms with Crippen LogP contribution in [0.25, 0.3) is 97.9 Å². The lowest BCUT2D eigenvalue weighted by Crippen LogP contribution is -2.03. The van der Waals surface area contributed by atoms with E-state index in [4.69, 9.17) is 9.97 Å². The molecule has 0 radical (unpaired) electrons. The van der Waals surface area contributed by atoms with Gasteiger partial charge in [-0.25, -0.2) is 9.97 Å². The molecule has 0 aliphatic rings. The minimum absolute atomic E-state index is 0.663. The van der Waals surface area contributed by atoms with Crippen LogP contribution >= 0.6 is 11.3 Å². The molecule has 0 aliphatic carbocycles. The Morgan fingerprint density at radius 1 is 0.353 bits per heavy atom. The van der Waals surface area contributed by atoms with E-state index >= 15 is 0 Å². The van der Waals surface area contributed by atoms with Crippen LogP contribution in [0, 0.1) is 0 Å². The summed E-state index contributed by atoms with van der Waals surface area (Å²) in [4.78, 5) is 10.5. The smallest absolute Gasteiger partial charge is 0.235 e. The lowest BCUT2D eigenvalue weighted by atomic mass is 10.1. The van der Waals surface area contributed by atoms with E-state index in [2.05, 4.69) is 167 Å². The van der Waals surface area contributed by atoms with Crippen molar-refractivity contribution in [2.45, 2.75) is 0 Å². The Kier molecular flexibility index (Phi) is 6.09. The van der Waals surface area contributed by atoms with Gasteiger partial charge in [0, 0.05) is 58.5 Å². The predicted octanol–water partition coefficient (Wildman–Crippen LogP) is 12.4. The summed E-state index contributed by atoms with van der Waals surface area (Å²) >= 11 is 1.85. The van der Waals surface area contributed by atoms with E-state index in [0.717, 1.165) is 33.5 Å². The highest BCUT2D eigenvalue weighted by Crippen LogP contribution is 2.44. The van der Waals surface area contributed by atoms with Crippen LogP contribution in [0.3, 0.4) is 0 Å². The van der Waals surface area contributed by atoms with Crippen molar-refractivity contribution in [1.82, 2.24) is 19.1 Å².